The SMILES string of the molecule is CCOc1ncccc1NC(=O)/C=C(/c1ccccc1)C(F)(F)F. The molecule has 0 saturated heterocycles. The Bertz CT molecular complexity index is 728. The van der Waals surface area contributed by atoms with E-state index in [1.165, 1.54) is 36.5 Å². The molecule has 1 N–H and O–H groups in total. The smallest absolute Gasteiger partial charge is 0.417 e. The van der Waals surface area contributed by atoms with Gasteiger partial charge in [0.2, 0.25) is 11.8 Å². The highest BCUT2D eigenvalue weighted by Crippen LogP contribution is 2.33. The van der Waals surface area contributed by atoms with Crippen LogP contribution in [0.5, 0.6) is 5.88 Å². The Morgan fingerprint density at radius 3 is 2.54 bits per heavy atom. The molecule has 0 radical (unpaired) electrons. The van der Waals surface area contributed by atoms with Crippen molar-refractivity contribution in [2.24, 2.45) is 0 Å². The van der Waals surface area contributed by atoms with Crippen LogP contribution in [0.4, 0.5) is 18.9 Å². The number of hydrogen-bond donors (Lipinski definition) is 1. The van der Waals surface area contributed by atoms with Gasteiger partial charge in [0.1, 0.15) is 5.69 Å². The van der Waals surface area contributed by atoms with E-state index in [1.807, 2.05) is 0 Å². The average Bonchev–Trinajstić information content (AvgIpc) is 2.54. The lowest BCUT2D eigenvalue weighted by atomic mass is 10.1. The Kier molecular flexibility index (Phi) is 5.57. The van der Waals surface area contributed by atoms with E-state index in [1.54, 1.807) is 19.1 Å². The molecule has 0 fully saturated rings. The number of hydrogen-bond acceptors (Lipinski definition) is 3. The molecule has 0 unspecified atom stereocenters. The molecule has 0 aliphatic heterocycles. The van der Waals surface area contributed by atoms with E-state index < -0.39 is 17.7 Å². The number of pyridine rings is 1. The van der Waals surface area contributed by atoms with Crippen LogP contribution in [-0.4, -0.2) is 23.7 Å². The molecule has 2 rings (SSSR count). The van der Waals surface area contributed by atoms with Gasteiger partial charge < -0.3 is 10.1 Å². The van der Waals surface area contributed by atoms with Gasteiger partial charge in [-0.25, -0.2) is 4.98 Å². The number of anilines is 1. The van der Waals surface area contributed by atoms with Gasteiger partial charge in [0.15, 0.2) is 0 Å². The number of nitrogens with one attached hydrogen (secondary N) is 1. The molecule has 1 heterocycles. The van der Waals surface area contributed by atoms with Crippen molar-refractivity contribution in [3.8, 4) is 5.88 Å². The van der Waals surface area contributed by atoms with E-state index in [-0.39, 0.29) is 17.1 Å². The van der Waals surface area contributed by atoms with E-state index in [0.717, 1.165) is 0 Å². The third kappa shape index (κ3) is 4.58. The Morgan fingerprint density at radius 2 is 1.92 bits per heavy atom. The van der Waals surface area contributed by atoms with E-state index >= 15 is 0 Å². The fourth-order valence-electron chi connectivity index (χ4n) is 1.98. The van der Waals surface area contributed by atoms with Gasteiger partial charge in [0.25, 0.3) is 0 Å². The van der Waals surface area contributed by atoms with Gasteiger partial charge in [0, 0.05) is 12.3 Å². The maximum absolute atomic E-state index is 13.2. The second-order valence-electron chi connectivity index (χ2n) is 4.70. The van der Waals surface area contributed by atoms with Gasteiger partial charge in [0.05, 0.1) is 12.2 Å². The number of benzene rings is 1. The topological polar surface area (TPSA) is 51.2 Å². The van der Waals surface area contributed by atoms with Gasteiger partial charge in [-0.15, -0.1) is 0 Å². The number of carbonyl (C=O) groups excluding carboxylic acids is 1. The summed E-state index contributed by atoms with van der Waals surface area (Å²) in [4.78, 5) is 16.0. The van der Waals surface area contributed by atoms with Crippen LogP contribution in [0, 0.1) is 0 Å². The Morgan fingerprint density at radius 1 is 1.21 bits per heavy atom. The second-order valence-corrected chi connectivity index (χ2v) is 4.70. The monoisotopic (exact) mass is 336 g/mol. The summed E-state index contributed by atoms with van der Waals surface area (Å²) in [6, 6.07) is 10.2. The summed E-state index contributed by atoms with van der Waals surface area (Å²) in [5.74, 6) is -0.768. The summed E-state index contributed by atoms with van der Waals surface area (Å²) in [6.07, 6.45) is -2.67. The number of allylic oxidation sites excluding steroid dienone is 1. The minimum absolute atomic E-state index is 0.0867. The van der Waals surface area contributed by atoms with Gasteiger partial charge in [-0.1, -0.05) is 30.3 Å². The summed E-state index contributed by atoms with van der Waals surface area (Å²) < 4.78 is 44.9. The number of rotatable bonds is 5. The van der Waals surface area contributed by atoms with Crippen LogP contribution in [0.3, 0.4) is 0 Å². The fraction of sp³-hybridized carbons (Fsp3) is 0.176. The van der Waals surface area contributed by atoms with Crippen molar-refractivity contribution < 1.29 is 22.7 Å². The predicted molar refractivity (Wildman–Crippen MR) is 84.5 cm³/mol. The first-order valence-corrected chi connectivity index (χ1v) is 7.15. The summed E-state index contributed by atoms with van der Waals surface area (Å²) in [6.45, 7) is 2.05. The number of ether oxygens (including phenoxy) is 1. The standard InChI is InChI=1S/C17H15F3N2O2/c1-2-24-16-14(9-6-10-21-16)22-15(23)11-13(17(18,19)20)12-7-4-3-5-8-12/h3-11H,2H2,1H3,(H,22,23)/b13-11-. The minimum Gasteiger partial charge on any atom is -0.476 e. The van der Waals surface area contributed by atoms with Crippen LogP contribution in [0.15, 0.2) is 54.7 Å². The molecule has 0 aliphatic carbocycles. The molecule has 0 spiro atoms. The highest BCUT2D eigenvalue weighted by atomic mass is 19.4. The molecule has 2 aromatic rings. The highest BCUT2D eigenvalue weighted by Gasteiger charge is 2.35. The Balaban J connectivity index is 2.29. The van der Waals surface area contributed by atoms with E-state index in [2.05, 4.69) is 10.3 Å². The molecule has 24 heavy (non-hydrogen) atoms. The summed E-state index contributed by atoms with van der Waals surface area (Å²) >= 11 is 0. The third-order valence-corrected chi connectivity index (χ3v) is 2.98. The zero-order chi connectivity index (χ0) is 17.6. The van der Waals surface area contributed by atoms with Gasteiger partial charge >= 0.3 is 6.18 Å². The maximum atomic E-state index is 13.2. The molecule has 126 valence electrons. The van der Waals surface area contributed by atoms with Crippen molar-refractivity contribution in [1.82, 2.24) is 4.98 Å². The molecule has 7 heteroatoms. The quantitative estimate of drug-likeness (QED) is 0.838. The van der Waals surface area contributed by atoms with Crippen molar-refractivity contribution in [2.45, 2.75) is 13.1 Å². The molecule has 0 aliphatic rings. The number of halogens is 3. The molecule has 1 amide bonds. The van der Waals surface area contributed by atoms with Crippen LogP contribution in [0.2, 0.25) is 0 Å². The predicted octanol–water partition coefficient (Wildman–Crippen LogP) is 4.06. The lowest BCUT2D eigenvalue weighted by molar-refractivity contribution is -0.112. The fourth-order valence-corrected chi connectivity index (χ4v) is 1.98. The number of nitrogens with zero attached hydrogens (tertiary/aromatic N) is 1. The molecule has 1 aromatic heterocycles. The molecular formula is C17H15F3N2O2. The molecule has 1 aromatic carbocycles. The highest BCUT2D eigenvalue weighted by molar-refractivity contribution is 6.05. The van der Waals surface area contributed by atoms with E-state index in [4.69, 9.17) is 4.74 Å². The summed E-state index contributed by atoms with van der Waals surface area (Å²) in [7, 11) is 0. The first-order valence-electron chi connectivity index (χ1n) is 7.15. The largest absolute Gasteiger partial charge is 0.476 e. The van der Waals surface area contributed by atoms with E-state index in [0.29, 0.717) is 12.7 Å². The van der Waals surface area contributed by atoms with Crippen LogP contribution in [-0.2, 0) is 4.79 Å². The van der Waals surface area contributed by atoms with Crippen LogP contribution in [0.1, 0.15) is 12.5 Å². The lowest BCUT2D eigenvalue weighted by Gasteiger charge is -2.13. The summed E-state index contributed by atoms with van der Waals surface area (Å²) in [5, 5.41) is 2.36. The van der Waals surface area contributed by atoms with Crippen LogP contribution < -0.4 is 10.1 Å². The first kappa shape index (κ1) is 17.5. The number of aromatic nitrogens is 1. The zero-order valence-electron chi connectivity index (χ0n) is 12.8. The molecule has 0 bridgehead atoms. The van der Waals surface area contributed by atoms with Crippen LogP contribution >= 0.6 is 0 Å². The van der Waals surface area contributed by atoms with Crippen molar-refractivity contribution in [3.63, 3.8) is 0 Å². The molecule has 0 atom stereocenters. The van der Waals surface area contributed by atoms with Crippen LogP contribution in [0.25, 0.3) is 5.57 Å². The van der Waals surface area contributed by atoms with Crippen molar-refractivity contribution in [2.75, 3.05) is 11.9 Å². The lowest BCUT2D eigenvalue weighted by Crippen LogP contribution is -2.16. The zero-order valence-corrected chi connectivity index (χ0v) is 12.8. The van der Waals surface area contributed by atoms with Gasteiger partial charge in [-0.2, -0.15) is 13.2 Å². The average molecular weight is 336 g/mol. The Labute approximate surface area is 137 Å². The molecular weight excluding hydrogens is 321 g/mol. The maximum Gasteiger partial charge on any atom is 0.417 e. The molecule has 4 nitrogen and oxygen atoms in total. The minimum atomic E-state index is -4.66. The first-order chi connectivity index (χ1) is 11.4. The second kappa shape index (κ2) is 7.63. The number of amides is 1. The van der Waals surface area contributed by atoms with Gasteiger partial charge in [-0.3, -0.25) is 4.79 Å². The normalized spacial score (nSPS) is 11.9. The van der Waals surface area contributed by atoms with Crippen molar-refractivity contribution >= 4 is 17.2 Å². The summed E-state index contributed by atoms with van der Waals surface area (Å²) in [5.41, 5.74) is -0.908. The molecule has 0 saturated carbocycles. The third-order valence-electron chi connectivity index (χ3n) is 2.98. The van der Waals surface area contributed by atoms with Gasteiger partial charge in [-0.05, 0) is 24.6 Å². The van der Waals surface area contributed by atoms with Crippen molar-refractivity contribution in [3.05, 3.63) is 60.3 Å². The van der Waals surface area contributed by atoms with E-state index in [9.17, 15) is 18.0 Å². The number of carbonyl (C=O) groups is 1. The Hall–Kier alpha value is -2.83. The number of alkyl halides is 3. The van der Waals surface area contributed by atoms with Crippen molar-refractivity contribution in [1.29, 1.82) is 0 Å².